The molecule has 33 heavy (non-hydrogen) atoms. The van der Waals surface area contributed by atoms with E-state index in [-0.39, 0.29) is 0 Å². The van der Waals surface area contributed by atoms with Gasteiger partial charge in [-0.15, -0.1) is 0 Å². The van der Waals surface area contributed by atoms with Gasteiger partial charge in [0.1, 0.15) is 17.5 Å². The van der Waals surface area contributed by atoms with Gasteiger partial charge in [-0.25, -0.2) is 9.97 Å². The summed E-state index contributed by atoms with van der Waals surface area (Å²) in [6.45, 7) is 3.14. The first-order chi connectivity index (χ1) is 16.3. The SMILES string of the molecule is N#CC(=C1C=CC=C(NCCCn2cccn2)N1)c1ccnc(NCCCn2cccn2)n1. The lowest BCUT2D eigenvalue weighted by Crippen LogP contribution is -2.28. The van der Waals surface area contributed by atoms with Crippen molar-refractivity contribution < 1.29 is 0 Å². The van der Waals surface area contributed by atoms with Crippen LogP contribution in [0.3, 0.4) is 0 Å². The Morgan fingerprint density at radius 2 is 1.73 bits per heavy atom. The van der Waals surface area contributed by atoms with E-state index in [1.54, 1.807) is 24.7 Å². The zero-order chi connectivity index (χ0) is 22.7. The molecule has 1 aliphatic rings. The summed E-state index contributed by atoms with van der Waals surface area (Å²) < 4.78 is 3.79. The van der Waals surface area contributed by atoms with Crippen molar-refractivity contribution in [3.8, 4) is 6.07 Å². The minimum absolute atomic E-state index is 0.456. The highest BCUT2D eigenvalue weighted by Gasteiger charge is 2.13. The lowest BCUT2D eigenvalue weighted by atomic mass is 10.1. The lowest BCUT2D eigenvalue weighted by Gasteiger charge is -2.18. The summed E-state index contributed by atoms with van der Waals surface area (Å²) in [7, 11) is 0. The number of dihydropyridines is 1. The van der Waals surface area contributed by atoms with Crippen LogP contribution in [-0.4, -0.2) is 42.6 Å². The number of rotatable bonds is 11. The molecule has 3 aromatic heterocycles. The fourth-order valence-corrected chi connectivity index (χ4v) is 3.33. The zero-order valence-corrected chi connectivity index (χ0v) is 18.2. The molecule has 0 spiro atoms. The van der Waals surface area contributed by atoms with Gasteiger partial charge in [-0.1, -0.05) is 6.08 Å². The van der Waals surface area contributed by atoms with Crippen LogP contribution in [0.4, 0.5) is 5.95 Å². The Kier molecular flexibility index (Phi) is 7.47. The van der Waals surface area contributed by atoms with E-state index in [9.17, 15) is 5.26 Å². The smallest absolute Gasteiger partial charge is 0.223 e. The predicted molar refractivity (Wildman–Crippen MR) is 125 cm³/mol. The molecule has 0 fully saturated rings. The van der Waals surface area contributed by atoms with Gasteiger partial charge in [0.25, 0.3) is 0 Å². The van der Waals surface area contributed by atoms with Gasteiger partial charge >= 0.3 is 0 Å². The van der Waals surface area contributed by atoms with Gasteiger partial charge in [-0.2, -0.15) is 15.5 Å². The van der Waals surface area contributed by atoms with Gasteiger partial charge < -0.3 is 16.0 Å². The van der Waals surface area contributed by atoms with Gasteiger partial charge in [0.2, 0.25) is 5.95 Å². The van der Waals surface area contributed by atoms with E-state index in [1.807, 2.05) is 52.1 Å². The maximum Gasteiger partial charge on any atom is 0.223 e. The third-order valence-electron chi connectivity index (χ3n) is 4.93. The maximum atomic E-state index is 9.83. The van der Waals surface area contributed by atoms with Gasteiger partial charge in [-0.05, 0) is 43.2 Å². The van der Waals surface area contributed by atoms with Gasteiger partial charge in [0, 0.05) is 57.2 Å². The summed E-state index contributed by atoms with van der Waals surface area (Å²) in [4.78, 5) is 8.81. The minimum Gasteiger partial charge on any atom is -0.372 e. The Morgan fingerprint density at radius 1 is 1.00 bits per heavy atom. The third kappa shape index (κ3) is 6.30. The van der Waals surface area contributed by atoms with E-state index in [2.05, 4.69) is 42.2 Å². The number of hydrogen-bond donors (Lipinski definition) is 3. The van der Waals surface area contributed by atoms with Crippen molar-refractivity contribution in [1.82, 2.24) is 40.2 Å². The summed E-state index contributed by atoms with van der Waals surface area (Å²) in [5.41, 5.74) is 1.71. The molecule has 10 nitrogen and oxygen atoms in total. The second kappa shape index (κ2) is 11.3. The molecule has 0 aromatic carbocycles. The van der Waals surface area contributed by atoms with E-state index >= 15 is 0 Å². The topological polar surface area (TPSA) is 121 Å². The molecule has 0 unspecified atom stereocenters. The fourth-order valence-electron chi connectivity index (χ4n) is 3.33. The number of nitrogens with zero attached hydrogens (tertiary/aromatic N) is 7. The van der Waals surface area contributed by atoms with Crippen LogP contribution in [0.25, 0.3) is 5.57 Å². The van der Waals surface area contributed by atoms with Crippen LogP contribution in [0.5, 0.6) is 0 Å². The largest absolute Gasteiger partial charge is 0.372 e. The normalized spacial score (nSPS) is 14.2. The molecule has 0 aliphatic carbocycles. The Labute approximate surface area is 192 Å². The summed E-state index contributed by atoms with van der Waals surface area (Å²) in [5.74, 6) is 1.33. The summed E-state index contributed by atoms with van der Waals surface area (Å²) in [5, 5.41) is 28.1. The second-order valence-electron chi connectivity index (χ2n) is 7.33. The van der Waals surface area contributed by atoms with Crippen molar-refractivity contribution >= 4 is 11.5 Å². The van der Waals surface area contributed by atoms with Crippen LogP contribution in [-0.2, 0) is 13.1 Å². The van der Waals surface area contributed by atoms with Crippen LogP contribution in [0, 0.1) is 11.3 Å². The van der Waals surface area contributed by atoms with Crippen molar-refractivity contribution in [1.29, 1.82) is 5.26 Å². The molecule has 3 N–H and O–H groups in total. The van der Waals surface area contributed by atoms with Crippen molar-refractivity contribution in [2.45, 2.75) is 25.9 Å². The first-order valence-corrected chi connectivity index (χ1v) is 10.9. The fraction of sp³-hybridized carbons (Fsp3) is 0.261. The monoisotopic (exact) mass is 442 g/mol. The highest BCUT2D eigenvalue weighted by molar-refractivity contribution is 5.79. The molecule has 0 atom stereocenters. The maximum absolute atomic E-state index is 9.83. The van der Waals surface area contributed by atoms with E-state index in [4.69, 9.17) is 0 Å². The molecule has 3 aromatic rings. The molecule has 1 aliphatic heterocycles. The highest BCUT2D eigenvalue weighted by Crippen LogP contribution is 2.19. The Morgan fingerprint density at radius 3 is 2.39 bits per heavy atom. The number of aryl methyl sites for hydroxylation is 2. The Balaban J connectivity index is 1.32. The molecule has 0 saturated heterocycles. The number of nitrogens with one attached hydrogen (secondary N) is 3. The van der Waals surface area contributed by atoms with Crippen LogP contribution < -0.4 is 16.0 Å². The Hall–Kier alpha value is -4.39. The van der Waals surface area contributed by atoms with Crippen LogP contribution >= 0.6 is 0 Å². The summed E-state index contributed by atoms with van der Waals surface area (Å²) in [6, 6.07) is 7.84. The average molecular weight is 443 g/mol. The lowest BCUT2D eigenvalue weighted by molar-refractivity contribution is 0.557. The molecule has 0 saturated carbocycles. The van der Waals surface area contributed by atoms with Crippen molar-refractivity contribution in [2.24, 2.45) is 0 Å². The van der Waals surface area contributed by atoms with E-state index in [0.717, 1.165) is 38.3 Å². The van der Waals surface area contributed by atoms with Crippen LogP contribution in [0.15, 0.2) is 78.9 Å². The first-order valence-electron chi connectivity index (χ1n) is 10.9. The van der Waals surface area contributed by atoms with E-state index in [1.165, 1.54) is 0 Å². The van der Waals surface area contributed by atoms with Crippen molar-refractivity contribution in [3.63, 3.8) is 0 Å². The number of aromatic nitrogens is 6. The Bertz CT molecular complexity index is 1150. The van der Waals surface area contributed by atoms with Gasteiger partial charge in [-0.3, -0.25) is 9.36 Å². The predicted octanol–water partition coefficient (Wildman–Crippen LogP) is 2.29. The summed E-state index contributed by atoms with van der Waals surface area (Å²) in [6.07, 6.45) is 16.6. The van der Waals surface area contributed by atoms with Gasteiger partial charge in [0.15, 0.2) is 0 Å². The van der Waals surface area contributed by atoms with Crippen LogP contribution in [0.1, 0.15) is 18.5 Å². The molecule has 168 valence electrons. The van der Waals surface area contributed by atoms with E-state index in [0.29, 0.717) is 29.5 Å². The molecular formula is C23H26N10. The number of nitriles is 1. The second-order valence-corrected chi connectivity index (χ2v) is 7.33. The summed E-state index contributed by atoms with van der Waals surface area (Å²) >= 11 is 0. The average Bonchev–Trinajstić information content (AvgIpc) is 3.55. The third-order valence-corrected chi connectivity index (χ3v) is 4.93. The number of allylic oxidation sites excluding steroid dienone is 4. The molecule has 0 radical (unpaired) electrons. The van der Waals surface area contributed by atoms with Crippen LogP contribution in [0.2, 0.25) is 0 Å². The molecule has 0 bridgehead atoms. The number of anilines is 1. The highest BCUT2D eigenvalue weighted by atomic mass is 15.3. The molecule has 4 heterocycles. The molecular weight excluding hydrogens is 416 g/mol. The first kappa shape index (κ1) is 21.8. The minimum atomic E-state index is 0.456. The standard InChI is InChI=1S/C23H26N10/c24-18-19(20-6-1-7-22(30-20)25-9-2-14-32-16-4-11-28-32)21-8-13-27-23(31-21)26-10-3-15-33-17-5-12-29-33/h1,4-8,11-13,16-17,25,30H,2-3,9-10,14-15H2,(H,26,27,31). The molecule has 0 amide bonds. The number of hydrogen-bond acceptors (Lipinski definition) is 8. The molecule has 10 heteroatoms. The van der Waals surface area contributed by atoms with Gasteiger partial charge in [0.05, 0.1) is 11.4 Å². The zero-order valence-electron chi connectivity index (χ0n) is 18.2. The van der Waals surface area contributed by atoms with Crippen molar-refractivity contribution in [2.75, 3.05) is 18.4 Å². The van der Waals surface area contributed by atoms with E-state index < -0.39 is 0 Å². The van der Waals surface area contributed by atoms with Crippen molar-refractivity contribution in [3.05, 3.63) is 84.6 Å². The quantitative estimate of drug-likeness (QED) is 0.305. The molecule has 4 rings (SSSR count).